The summed E-state index contributed by atoms with van der Waals surface area (Å²) >= 11 is 0. The summed E-state index contributed by atoms with van der Waals surface area (Å²) in [4.78, 5) is 12.7. The molecule has 0 bridgehead atoms. The molecule has 1 saturated heterocycles. The van der Waals surface area contributed by atoms with Gasteiger partial charge in [-0.15, -0.1) is 0 Å². The minimum atomic E-state index is -3.59. The third-order valence-corrected chi connectivity index (χ3v) is 6.29. The van der Waals surface area contributed by atoms with Crippen LogP contribution in [0.3, 0.4) is 0 Å². The normalized spacial score (nSPS) is 17.3. The van der Waals surface area contributed by atoms with Crippen molar-refractivity contribution in [3.8, 4) is 0 Å². The molecule has 1 fully saturated rings. The molecule has 0 aromatic heterocycles. The van der Waals surface area contributed by atoms with E-state index in [1.165, 1.54) is 16.4 Å². The molecule has 1 aromatic carbocycles. The topological polar surface area (TPSA) is 81.2 Å². The lowest BCUT2D eigenvalue weighted by molar-refractivity contribution is -0.158. The third kappa shape index (κ3) is 5.13. The smallest absolute Gasteiger partial charge is 0.233 e. The number of piperazine rings is 1. The molecule has 1 heterocycles. The minimum absolute atomic E-state index is 0.238. The predicted octanol–water partition coefficient (Wildman–Crippen LogP) is 1.29. The Morgan fingerprint density at radius 1 is 1.24 bits per heavy atom. The van der Waals surface area contributed by atoms with Crippen LogP contribution in [0.4, 0.5) is 10.1 Å². The largest absolute Gasteiger partial charge is 0.369 e. The summed E-state index contributed by atoms with van der Waals surface area (Å²) in [6.07, 6.45) is 1.30. The van der Waals surface area contributed by atoms with Crippen molar-refractivity contribution in [3.63, 3.8) is 0 Å². The van der Waals surface area contributed by atoms with E-state index in [9.17, 15) is 22.8 Å². The molecule has 0 aliphatic carbocycles. The molecule has 2 rings (SSSR count). The predicted molar refractivity (Wildman–Crippen MR) is 92.4 cm³/mol. The Kier molecular flexibility index (Phi) is 6.74. The van der Waals surface area contributed by atoms with E-state index < -0.39 is 16.1 Å². The van der Waals surface area contributed by atoms with Gasteiger partial charge in [0.25, 0.3) is 0 Å². The van der Waals surface area contributed by atoms with Crippen molar-refractivity contribution in [2.24, 2.45) is 0 Å². The highest BCUT2D eigenvalue weighted by Gasteiger charge is 2.31. The standard InChI is InChI=1S/C16H24FN3O4S/c1-2-3-16(20(22)13-21)12-25(23,24)19-10-8-18(9-11-19)15-6-4-14(17)5-7-15/h4-7,13,16,22H,2-3,8-12H2,1H3. The van der Waals surface area contributed by atoms with Crippen LogP contribution in [-0.4, -0.2) is 67.4 Å². The number of rotatable bonds is 8. The number of halogens is 1. The quantitative estimate of drug-likeness (QED) is 0.422. The van der Waals surface area contributed by atoms with E-state index in [1.807, 2.05) is 11.8 Å². The van der Waals surface area contributed by atoms with Crippen LogP contribution in [0.2, 0.25) is 0 Å². The zero-order valence-corrected chi connectivity index (χ0v) is 15.0. The van der Waals surface area contributed by atoms with Crippen LogP contribution in [0, 0.1) is 5.82 Å². The summed E-state index contributed by atoms with van der Waals surface area (Å²) in [7, 11) is -3.59. The molecule has 25 heavy (non-hydrogen) atoms. The van der Waals surface area contributed by atoms with Gasteiger partial charge in [0.05, 0.1) is 11.8 Å². The van der Waals surface area contributed by atoms with Crippen LogP contribution >= 0.6 is 0 Å². The molecule has 1 N–H and O–H groups in total. The van der Waals surface area contributed by atoms with Crippen molar-refractivity contribution in [1.29, 1.82) is 0 Å². The number of hydroxylamine groups is 2. The van der Waals surface area contributed by atoms with Crippen molar-refractivity contribution >= 4 is 22.1 Å². The average molecular weight is 373 g/mol. The van der Waals surface area contributed by atoms with Gasteiger partial charge in [-0.05, 0) is 30.7 Å². The first-order chi connectivity index (χ1) is 11.9. The fourth-order valence-electron chi connectivity index (χ4n) is 2.94. The van der Waals surface area contributed by atoms with Crippen molar-refractivity contribution in [2.45, 2.75) is 25.8 Å². The lowest BCUT2D eigenvalue weighted by Gasteiger charge is -2.36. The van der Waals surface area contributed by atoms with Gasteiger partial charge in [-0.2, -0.15) is 4.31 Å². The van der Waals surface area contributed by atoms with E-state index in [4.69, 9.17) is 0 Å². The van der Waals surface area contributed by atoms with Gasteiger partial charge >= 0.3 is 0 Å². The molecule has 0 saturated carbocycles. The van der Waals surface area contributed by atoms with E-state index in [0.29, 0.717) is 44.1 Å². The number of sulfonamides is 1. The van der Waals surface area contributed by atoms with Gasteiger partial charge in [0.15, 0.2) is 0 Å². The van der Waals surface area contributed by atoms with Crippen LogP contribution in [0.5, 0.6) is 0 Å². The highest BCUT2D eigenvalue weighted by atomic mass is 32.2. The van der Waals surface area contributed by atoms with E-state index in [-0.39, 0.29) is 18.0 Å². The van der Waals surface area contributed by atoms with Crippen LogP contribution in [0.15, 0.2) is 24.3 Å². The number of hydrogen-bond donors (Lipinski definition) is 1. The Morgan fingerprint density at radius 3 is 2.36 bits per heavy atom. The summed E-state index contributed by atoms with van der Waals surface area (Å²) in [5, 5.41) is 10.0. The van der Waals surface area contributed by atoms with Gasteiger partial charge in [-0.1, -0.05) is 13.3 Å². The van der Waals surface area contributed by atoms with Crippen molar-refractivity contribution in [2.75, 3.05) is 36.8 Å². The molecule has 1 aliphatic rings. The molecule has 9 heteroatoms. The summed E-state index contributed by atoms with van der Waals surface area (Å²) in [6, 6.07) is 5.35. The molecule has 1 atom stereocenters. The van der Waals surface area contributed by atoms with Crippen LogP contribution < -0.4 is 4.90 Å². The second kappa shape index (κ2) is 8.59. The van der Waals surface area contributed by atoms with Crippen LogP contribution in [0.1, 0.15) is 19.8 Å². The fraction of sp³-hybridized carbons (Fsp3) is 0.562. The maximum Gasteiger partial charge on any atom is 0.233 e. The van der Waals surface area contributed by atoms with Gasteiger partial charge in [0.2, 0.25) is 16.4 Å². The number of carbonyl (C=O) groups is 1. The summed E-state index contributed by atoms with van der Waals surface area (Å²) < 4.78 is 39.5. The Hall–Kier alpha value is -1.71. The lowest BCUT2D eigenvalue weighted by Crippen LogP contribution is -2.51. The Bertz CT molecular complexity index is 660. The van der Waals surface area contributed by atoms with Crippen molar-refractivity contribution in [1.82, 2.24) is 9.37 Å². The average Bonchev–Trinajstić information content (AvgIpc) is 2.61. The molecule has 1 amide bonds. The van der Waals surface area contributed by atoms with Gasteiger partial charge < -0.3 is 4.90 Å². The second-order valence-corrected chi connectivity index (χ2v) is 8.08. The maximum atomic E-state index is 13.0. The summed E-state index contributed by atoms with van der Waals surface area (Å²) in [6.45, 7) is 3.48. The van der Waals surface area contributed by atoms with E-state index in [2.05, 4.69) is 0 Å². The van der Waals surface area contributed by atoms with E-state index in [1.54, 1.807) is 12.1 Å². The number of amides is 1. The van der Waals surface area contributed by atoms with Gasteiger partial charge in [0.1, 0.15) is 5.82 Å². The Morgan fingerprint density at radius 2 is 1.84 bits per heavy atom. The first-order valence-electron chi connectivity index (χ1n) is 8.28. The first-order valence-corrected chi connectivity index (χ1v) is 9.89. The van der Waals surface area contributed by atoms with E-state index >= 15 is 0 Å². The zero-order valence-electron chi connectivity index (χ0n) is 14.2. The number of carbonyl (C=O) groups excluding carboxylic acids is 1. The summed E-state index contributed by atoms with van der Waals surface area (Å²) in [5.74, 6) is -0.609. The van der Waals surface area contributed by atoms with Gasteiger partial charge in [-0.25, -0.2) is 17.9 Å². The highest BCUT2D eigenvalue weighted by molar-refractivity contribution is 7.89. The number of anilines is 1. The minimum Gasteiger partial charge on any atom is -0.369 e. The number of benzene rings is 1. The highest BCUT2D eigenvalue weighted by Crippen LogP contribution is 2.19. The Labute approximate surface area is 147 Å². The molecular weight excluding hydrogens is 349 g/mol. The molecule has 0 spiro atoms. The second-order valence-electron chi connectivity index (χ2n) is 6.07. The van der Waals surface area contributed by atoms with Gasteiger partial charge in [-0.3, -0.25) is 10.0 Å². The van der Waals surface area contributed by atoms with Crippen molar-refractivity contribution in [3.05, 3.63) is 30.1 Å². The number of nitrogens with zero attached hydrogens (tertiary/aromatic N) is 3. The zero-order chi connectivity index (χ0) is 18.4. The van der Waals surface area contributed by atoms with Crippen molar-refractivity contribution < 1.29 is 22.8 Å². The fourth-order valence-corrected chi connectivity index (χ4v) is 4.67. The van der Waals surface area contributed by atoms with Crippen LogP contribution in [-0.2, 0) is 14.8 Å². The molecule has 1 unspecified atom stereocenters. The molecule has 1 aliphatic heterocycles. The SMILES string of the molecule is CCCC(CS(=O)(=O)N1CCN(c2ccc(F)cc2)CC1)N(O)C=O. The molecule has 7 nitrogen and oxygen atoms in total. The molecule has 1 aromatic rings. The van der Waals surface area contributed by atoms with Crippen LogP contribution in [0.25, 0.3) is 0 Å². The lowest BCUT2D eigenvalue weighted by atomic mass is 10.2. The van der Waals surface area contributed by atoms with Gasteiger partial charge in [0, 0.05) is 31.9 Å². The molecular formula is C16H24FN3O4S. The third-order valence-electron chi connectivity index (χ3n) is 4.33. The summed E-state index contributed by atoms with van der Waals surface area (Å²) in [5.41, 5.74) is 0.852. The molecule has 140 valence electrons. The maximum absolute atomic E-state index is 13.0. The Balaban J connectivity index is 1.98. The molecule has 0 radical (unpaired) electrons. The first kappa shape index (κ1) is 19.6. The number of hydrogen-bond acceptors (Lipinski definition) is 5. The monoisotopic (exact) mass is 373 g/mol. The van der Waals surface area contributed by atoms with E-state index in [0.717, 1.165) is 5.69 Å².